The van der Waals surface area contributed by atoms with Gasteiger partial charge >= 0.3 is 6.03 Å². The third-order valence-electron chi connectivity index (χ3n) is 3.91. The number of nitrogens with one attached hydrogen (secondary N) is 2. The Morgan fingerprint density at radius 3 is 2.50 bits per heavy atom. The molecule has 0 saturated heterocycles. The molecule has 0 heterocycles. The number of amides is 2. The van der Waals surface area contributed by atoms with E-state index in [4.69, 9.17) is 0 Å². The molecule has 0 aliphatic heterocycles. The number of nitrogens with zero attached hydrogens (tertiary/aromatic N) is 1. The number of carbonyl (C=O) groups is 1. The summed E-state index contributed by atoms with van der Waals surface area (Å²) in [4.78, 5) is 14.1. The molecule has 2 N–H and O–H groups in total. The number of rotatable bonds is 3. The SMILES string of the molecule is Cc1cc(N(C)C)ccc1NC(=O)NC1CCCCC1. The van der Waals surface area contributed by atoms with Gasteiger partial charge in [-0.1, -0.05) is 19.3 Å². The molecule has 4 heteroatoms. The number of carbonyl (C=O) groups excluding carboxylic acids is 1. The summed E-state index contributed by atoms with van der Waals surface area (Å²) in [5, 5.41) is 6.03. The van der Waals surface area contributed by atoms with E-state index in [0.29, 0.717) is 6.04 Å². The molecule has 1 saturated carbocycles. The summed E-state index contributed by atoms with van der Waals surface area (Å²) >= 11 is 0. The summed E-state index contributed by atoms with van der Waals surface area (Å²) < 4.78 is 0. The minimum absolute atomic E-state index is 0.0856. The van der Waals surface area contributed by atoms with Crippen molar-refractivity contribution in [3.63, 3.8) is 0 Å². The summed E-state index contributed by atoms with van der Waals surface area (Å²) in [5.74, 6) is 0. The van der Waals surface area contributed by atoms with Crippen molar-refractivity contribution in [1.82, 2.24) is 5.32 Å². The Morgan fingerprint density at radius 2 is 1.90 bits per heavy atom. The lowest BCUT2D eigenvalue weighted by Gasteiger charge is -2.23. The Labute approximate surface area is 121 Å². The van der Waals surface area contributed by atoms with Crippen molar-refractivity contribution in [2.75, 3.05) is 24.3 Å². The monoisotopic (exact) mass is 275 g/mol. The first-order valence-electron chi connectivity index (χ1n) is 7.42. The highest BCUT2D eigenvalue weighted by molar-refractivity contribution is 5.90. The molecule has 2 amide bonds. The predicted molar refractivity (Wildman–Crippen MR) is 84.5 cm³/mol. The molecule has 0 radical (unpaired) electrons. The van der Waals surface area contributed by atoms with Gasteiger partial charge in [0.25, 0.3) is 0 Å². The second-order valence-electron chi connectivity index (χ2n) is 5.83. The lowest BCUT2D eigenvalue weighted by molar-refractivity contribution is 0.244. The fourth-order valence-corrected chi connectivity index (χ4v) is 2.66. The largest absolute Gasteiger partial charge is 0.378 e. The first-order chi connectivity index (χ1) is 9.56. The molecule has 0 spiro atoms. The van der Waals surface area contributed by atoms with Crippen molar-refractivity contribution >= 4 is 17.4 Å². The van der Waals surface area contributed by atoms with E-state index < -0.39 is 0 Å². The normalized spacial score (nSPS) is 15.8. The Balaban J connectivity index is 1.93. The number of hydrogen-bond acceptors (Lipinski definition) is 2. The molecule has 1 aliphatic carbocycles. The molecule has 2 rings (SSSR count). The van der Waals surface area contributed by atoms with Crippen LogP contribution < -0.4 is 15.5 Å². The maximum absolute atomic E-state index is 12.0. The van der Waals surface area contributed by atoms with Crippen LogP contribution >= 0.6 is 0 Å². The fraction of sp³-hybridized carbons (Fsp3) is 0.562. The number of urea groups is 1. The Morgan fingerprint density at radius 1 is 1.20 bits per heavy atom. The Kier molecular flexibility index (Phi) is 4.88. The Bertz CT molecular complexity index is 465. The van der Waals surface area contributed by atoms with Crippen LogP contribution in [-0.2, 0) is 0 Å². The standard InChI is InChI=1S/C16H25N3O/c1-12-11-14(19(2)3)9-10-15(12)18-16(20)17-13-7-5-4-6-8-13/h9-11,13H,4-8H2,1-3H3,(H2,17,18,20). The van der Waals surface area contributed by atoms with Crippen molar-refractivity contribution < 1.29 is 4.79 Å². The van der Waals surface area contributed by atoms with E-state index in [2.05, 4.69) is 21.6 Å². The number of hydrogen-bond donors (Lipinski definition) is 2. The summed E-state index contributed by atoms with van der Waals surface area (Å²) in [7, 11) is 4.02. The van der Waals surface area contributed by atoms with Gasteiger partial charge in [0.2, 0.25) is 0 Å². The molecular weight excluding hydrogens is 250 g/mol. The molecule has 0 unspecified atom stereocenters. The molecule has 1 fully saturated rings. The van der Waals surface area contributed by atoms with Gasteiger partial charge in [0.1, 0.15) is 0 Å². The average molecular weight is 275 g/mol. The van der Waals surface area contributed by atoms with E-state index in [0.717, 1.165) is 29.8 Å². The molecule has 20 heavy (non-hydrogen) atoms. The molecule has 110 valence electrons. The van der Waals surface area contributed by atoms with Gasteiger partial charge < -0.3 is 15.5 Å². The lowest BCUT2D eigenvalue weighted by Crippen LogP contribution is -2.39. The van der Waals surface area contributed by atoms with E-state index in [-0.39, 0.29) is 6.03 Å². The molecule has 1 aromatic rings. The van der Waals surface area contributed by atoms with Crippen LogP contribution in [0.2, 0.25) is 0 Å². The molecule has 0 bridgehead atoms. The smallest absolute Gasteiger partial charge is 0.319 e. The summed E-state index contributed by atoms with van der Waals surface area (Å²) in [5.41, 5.74) is 3.10. The van der Waals surface area contributed by atoms with Gasteiger partial charge in [-0.2, -0.15) is 0 Å². The van der Waals surface area contributed by atoms with Crippen molar-refractivity contribution in [2.45, 2.75) is 45.1 Å². The van der Waals surface area contributed by atoms with Crippen LogP contribution in [-0.4, -0.2) is 26.2 Å². The van der Waals surface area contributed by atoms with Crippen LogP contribution in [0.5, 0.6) is 0 Å². The third-order valence-corrected chi connectivity index (χ3v) is 3.91. The number of benzene rings is 1. The maximum atomic E-state index is 12.0. The van der Waals surface area contributed by atoms with Crippen LogP contribution in [0.3, 0.4) is 0 Å². The zero-order chi connectivity index (χ0) is 14.5. The van der Waals surface area contributed by atoms with Gasteiger partial charge in [-0.3, -0.25) is 0 Å². The lowest BCUT2D eigenvalue weighted by atomic mass is 9.96. The summed E-state index contributed by atoms with van der Waals surface area (Å²) in [6.07, 6.45) is 5.95. The van der Waals surface area contributed by atoms with Crippen LogP contribution in [0, 0.1) is 6.92 Å². The number of anilines is 2. The highest BCUT2D eigenvalue weighted by Crippen LogP contribution is 2.22. The molecule has 1 aromatic carbocycles. The second-order valence-corrected chi connectivity index (χ2v) is 5.83. The van der Waals surface area contributed by atoms with E-state index in [9.17, 15) is 4.79 Å². The van der Waals surface area contributed by atoms with Gasteiger partial charge in [0, 0.05) is 31.5 Å². The van der Waals surface area contributed by atoms with Crippen molar-refractivity contribution in [3.8, 4) is 0 Å². The molecule has 0 aromatic heterocycles. The zero-order valence-corrected chi connectivity index (χ0v) is 12.7. The molecule has 0 atom stereocenters. The van der Waals surface area contributed by atoms with Gasteiger partial charge in [0.15, 0.2) is 0 Å². The molecule has 4 nitrogen and oxygen atoms in total. The van der Waals surface area contributed by atoms with Crippen molar-refractivity contribution in [1.29, 1.82) is 0 Å². The van der Waals surface area contributed by atoms with Crippen molar-refractivity contribution in [2.24, 2.45) is 0 Å². The fourth-order valence-electron chi connectivity index (χ4n) is 2.66. The van der Waals surface area contributed by atoms with E-state index in [1.165, 1.54) is 19.3 Å². The van der Waals surface area contributed by atoms with E-state index >= 15 is 0 Å². The second kappa shape index (κ2) is 6.64. The quantitative estimate of drug-likeness (QED) is 0.886. The van der Waals surface area contributed by atoms with Gasteiger partial charge in [0.05, 0.1) is 0 Å². The van der Waals surface area contributed by atoms with Crippen LogP contribution in [0.4, 0.5) is 16.2 Å². The van der Waals surface area contributed by atoms with Crippen LogP contribution in [0.1, 0.15) is 37.7 Å². The molecule has 1 aliphatic rings. The average Bonchev–Trinajstić information content (AvgIpc) is 2.42. The summed E-state index contributed by atoms with van der Waals surface area (Å²) in [6, 6.07) is 6.31. The molecular formula is C16H25N3O. The van der Waals surface area contributed by atoms with E-state index in [1.807, 2.05) is 33.2 Å². The maximum Gasteiger partial charge on any atom is 0.319 e. The topological polar surface area (TPSA) is 44.4 Å². The zero-order valence-electron chi connectivity index (χ0n) is 12.7. The van der Waals surface area contributed by atoms with Gasteiger partial charge in [-0.25, -0.2) is 4.79 Å². The first kappa shape index (κ1) is 14.7. The van der Waals surface area contributed by atoms with Gasteiger partial charge in [-0.05, 0) is 43.5 Å². The minimum Gasteiger partial charge on any atom is -0.378 e. The Hall–Kier alpha value is -1.71. The highest BCUT2D eigenvalue weighted by Gasteiger charge is 2.15. The summed E-state index contributed by atoms with van der Waals surface area (Å²) in [6.45, 7) is 2.02. The van der Waals surface area contributed by atoms with Gasteiger partial charge in [-0.15, -0.1) is 0 Å². The highest BCUT2D eigenvalue weighted by atomic mass is 16.2. The van der Waals surface area contributed by atoms with Crippen molar-refractivity contribution in [3.05, 3.63) is 23.8 Å². The van der Waals surface area contributed by atoms with Crippen LogP contribution in [0.25, 0.3) is 0 Å². The number of aryl methyl sites for hydroxylation is 1. The first-order valence-corrected chi connectivity index (χ1v) is 7.42. The predicted octanol–water partition coefficient (Wildman–Crippen LogP) is 3.52. The van der Waals surface area contributed by atoms with E-state index in [1.54, 1.807) is 0 Å². The van der Waals surface area contributed by atoms with Crippen LogP contribution in [0.15, 0.2) is 18.2 Å². The minimum atomic E-state index is -0.0856. The third kappa shape index (κ3) is 3.89.